The minimum atomic E-state index is -2.94. The Morgan fingerprint density at radius 3 is 2.66 bits per heavy atom. The van der Waals surface area contributed by atoms with Crippen LogP contribution in [0.2, 0.25) is 0 Å². The van der Waals surface area contributed by atoms with E-state index in [1.54, 1.807) is 6.92 Å². The molecule has 0 bridgehead atoms. The fourth-order valence-corrected chi connectivity index (χ4v) is 4.18. The molecule has 0 aliphatic heterocycles. The number of nitrogens with one attached hydrogen (secondary N) is 2. The minimum Gasteiger partial charge on any atom is -0.435 e. The van der Waals surface area contributed by atoms with Gasteiger partial charge in [-0.05, 0) is 36.5 Å². The Balaban J connectivity index is 1.39. The van der Waals surface area contributed by atoms with Crippen molar-refractivity contribution in [3.63, 3.8) is 0 Å². The number of nitrogens with zero attached hydrogens (tertiary/aromatic N) is 2. The van der Waals surface area contributed by atoms with Gasteiger partial charge in [0.1, 0.15) is 17.4 Å². The van der Waals surface area contributed by atoms with Crippen molar-refractivity contribution in [1.82, 2.24) is 15.0 Å². The summed E-state index contributed by atoms with van der Waals surface area (Å²) in [6, 6.07) is 6.09. The Bertz CT molecular complexity index is 1250. The highest BCUT2D eigenvalue weighted by Gasteiger charge is 2.47. The summed E-state index contributed by atoms with van der Waals surface area (Å²) in [6.45, 7) is 1.67. The largest absolute Gasteiger partial charge is 0.435 e. The summed E-state index contributed by atoms with van der Waals surface area (Å²) in [5.74, 6) is -7.25. The molecule has 3 aromatic rings. The van der Waals surface area contributed by atoms with Crippen LogP contribution in [0.4, 0.5) is 23.4 Å². The number of carbonyl (C=O) groups is 1. The van der Waals surface area contributed by atoms with Crippen LogP contribution in [-0.2, 0) is 4.79 Å². The van der Waals surface area contributed by atoms with Crippen molar-refractivity contribution in [2.45, 2.75) is 38.0 Å². The van der Waals surface area contributed by atoms with Crippen LogP contribution >= 0.6 is 0 Å². The molecule has 3 heterocycles. The monoisotopic (exact) mass is 490 g/mol. The number of aromatic nitrogens is 3. The molecule has 4 rings (SSSR count). The van der Waals surface area contributed by atoms with Gasteiger partial charge in [0.25, 0.3) is 11.8 Å². The molecule has 7 nitrogen and oxygen atoms in total. The van der Waals surface area contributed by atoms with Crippen LogP contribution in [-0.4, -0.2) is 26.8 Å². The summed E-state index contributed by atoms with van der Waals surface area (Å²) < 4.78 is 61.1. The molecule has 0 saturated heterocycles. The third-order valence-corrected chi connectivity index (χ3v) is 6.20. The molecule has 3 atom stereocenters. The standard InChI is InChI=1S/C24H22F4N4O3/c1-13(14-6-7-24(27,28)18(8-14)15-2-5-21(33)30-10-15)22(34)32-20-4-3-17(12-29-20)35-23-19(26)9-16(25)11-31-23/h2-5,9-14,18H,6-8H2,1H3,(H,30,33)(H,29,32,34)/t13?,14-,18+/m0/s1. The van der Waals surface area contributed by atoms with Crippen molar-refractivity contribution in [2.75, 3.05) is 5.32 Å². The minimum absolute atomic E-state index is 0.0874. The van der Waals surface area contributed by atoms with E-state index in [-0.39, 0.29) is 48.2 Å². The number of hydrogen-bond acceptors (Lipinski definition) is 5. The predicted octanol–water partition coefficient (Wildman–Crippen LogP) is 5.03. The Hall–Kier alpha value is -3.76. The fourth-order valence-electron chi connectivity index (χ4n) is 4.18. The molecule has 184 valence electrons. The van der Waals surface area contributed by atoms with Gasteiger partial charge in [-0.25, -0.2) is 27.5 Å². The normalized spacial score (nSPS) is 20.1. The second-order valence-corrected chi connectivity index (χ2v) is 8.53. The summed E-state index contributed by atoms with van der Waals surface area (Å²) >= 11 is 0. The first kappa shape index (κ1) is 24.4. The maximum Gasteiger partial charge on any atom is 0.256 e. The van der Waals surface area contributed by atoms with Crippen molar-refractivity contribution in [2.24, 2.45) is 11.8 Å². The number of ether oxygens (including phenoxy) is 1. The van der Waals surface area contributed by atoms with E-state index < -0.39 is 35.3 Å². The van der Waals surface area contributed by atoms with E-state index in [9.17, 15) is 27.2 Å². The fraction of sp³-hybridized carbons (Fsp3) is 0.333. The molecule has 2 N–H and O–H groups in total. The van der Waals surface area contributed by atoms with Gasteiger partial charge >= 0.3 is 0 Å². The zero-order valence-corrected chi connectivity index (χ0v) is 18.6. The third kappa shape index (κ3) is 5.67. The van der Waals surface area contributed by atoms with Crippen LogP contribution in [0.3, 0.4) is 0 Å². The Morgan fingerprint density at radius 2 is 2.00 bits per heavy atom. The van der Waals surface area contributed by atoms with Crippen LogP contribution < -0.4 is 15.6 Å². The number of pyridine rings is 3. The van der Waals surface area contributed by atoms with Gasteiger partial charge in [0.05, 0.1) is 12.4 Å². The number of rotatable bonds is 6. The first-order valence-electron chi connectivity index (χ1n) is 10.9. The topological polar surface area (TPSA) is 97.0 Å². The van der Waals surface area contributed by atoms with E-state index in [2.05, 4.69) is 20.3 Å². The average molecular weight is 490 g/mol. The summed E-state index contributed by atoms with van der Waals surface area (Å²) in [7, 11) is 0. The van der Waals surface area contributed by atoms with Gasteiger partial charge in [-0.15, -0.1) is 0 Å². The highest BCUT2D eigenvalue weighted by atomic mass is 19.3. The van der Waals surface area contributed by atoms with Gasteiger partial charge in [0.15, 0.2) is 5.82 Å². The molecule has 1 aliphatic rings. The molecule has 0 aromatic carbocycles. The molecule has 11 heteroatoms. The van der Waals surface area contributed by atoms with Crippen molar-refractivity contribution in [1.29, 1.82) is 0 Å². The zero-order valence-electron chi connectivity index (χ0n) is 18.6. The van der Waals surface area contributed by atoms with Crippen molar-refractivity contribution >= 4 is 11.7 Å². The highest BCUT2D eigenvalue weighted by molar-refractivity contribution is 5.91. The second-order valence-electron chi connectivity index (χ2n) is 8.53. The number of hydrogen-bond donors (Lipinski definition) is 2. The maximum atomic E-state index is 14.6. The quantitative estimate of drug-likeness (QED) is 0.473. The van der Waals surface area contributed by atoms with Crippen LogP contribution in [0.5, 0.6) is 11.6 Å². The lowest BCUT2D eigenvalue weighted by molar-refractivity contribution is -0.124. The number of amides is 1. The van der Waals surface area contributed by atoms with Crippen molar-refractivity contribution in [3.8, 4) is 11.6 Å². The first-order valence-corrected chi connectivity index (χ1v) is 10.9. The van der Waals surface area contributed by atoms with Crippen LogP contribution in [0.1, 0.15) is 37.7 Å². The molecule has 35 heavy (non-hydrogen) atoms. The van der Waals surface area contributed by atoms with Gasteiger partial charge in [0, 0.05) is 36.6 Å². The average Bonchev–Trinajstić information content (AvgIpc) is 2.82. The predicted molar refractivity (Wildman–Crippen MR) is 118 cm³/mol. The van der Waals surface area contributed by atoms with Crippen LogP contribution in [0, 0.1) is 23.5 Å². The molecular weight excluding hydrogens is 468 g/mol. The molecule has 1 unspecified atom stereocenters. The molecule has 1 aliphatic carbocycles. The van der Waals surface area contributed by atoms with Gasteiger partial charge in [0.2, 0.25) is 11.5 Å². The molecule has 0 spiro atoms. The molecule has 1 fully saturated rings. The summed E-state index contributed by atoms with van der Waals surface area (Å²) in [6.07, 6.45) is 3.25. The number of halogens is 4. The van der Waals surface area contributed by atoms with Gasteiger partial charge in [-0.2, -0.15) is 0 Å². The molecular formula is C24H22F4N4O3. The van der Waals surface area contributed by atoms with Crippen LogP contribution in [0.15, 0.2) is 53.7 Å². The first-order chi connectivity index (χ1) is 16.6. The SMILES string of the molecule is CC(C(=O)Nc1ccc(Oc2ncc(F)cc2F)cn1)[C@H]1CCC(F)(F)[C@@H](c2ccc(=O)[nH]c2)C1. The van der Waals surface area contributed by atoms with Gasteiger partial charge in [-0.1, -0.05) is 13.0 Å². The number of aromatic amines is 1. The lowest BCUT2D eigenvalue weighted by Crippen LogP contribution is -2.38. The van der Waals surface area contributed by atoms with E-state index in [1.807, 2.05) is 0 Å². The number of carbonyl (C=O) groups excluding carboxylic acids is 1. The Morgan fingerprint density at radius 1 is 1.20 bits per heavy atom. The van der Waals surface area contributed by atoms with Crippen LogP contribution in [0.25, 0.3) is 0 Å². The number of alkyl halides is 2. The van der Waals surface area contributed by atoms with E-state index in [0.29, 0.717) is 11.6 Å². The van der Waals surface area contributed by atoms with Crippen molar-refractivity contribution < 1.29 is 27.1 Å². The van der Waals surface area contributed by atoms with E-state index in [0.717, 1.165) is 6.20 Å². The zero-order chi connectivity index (χ0) is 25.2. The smallest absolute Gasteiger partial charge is 0.256 e. The molecule has 1 saturated carbocycles. The lowest BCUT2D eigenvalue weighted by atomic mass is 9.71. The molecule has 0 radical (unpaired) electrons. The maximum absolute atomic E-state index is 14.6. The molecule has 3 aromatic heterocycles. The second kappa shape index (κ2) is 9.85. The van der Waals surface area contributed by atoms with Gasteiger partial charge in [-0.3, -0.25) is 9.59 Å². The number of H-pyrrole nitrogens is 1. The van der Waals surface area contributed by atoms with Crippen molar-refractivity contribution in [3.05, 3.63) is 76.5 Å². The summed E-state index contributed by atoms with van der Waals surface area (Å²) in [5, 5.41) is 2.65. The summed E-state index contributed by atoms with van der Waals surface area (Å²) in [5.41, 5.74) is -0.0450. The Labute approximate surface area is 197 Å². The summed E-state index contributed by atoms with van der Waals surface area (Å²) in [4.78, 5) is 34.1. The van der Waals surface area contributed by atoms with Gasteiger partial charge < -0.3 is 15.0 Å². The Kier molecular flexibility index (Phi) is 6.86. The highest BCUT2D eigenvalue weighted by Crippen LogP contribution is 2.48. The molecule has 1 amide bonds. The lowest BCUT2D eigenvalue weighted by Gasteiger charge is -2.38. The van der Waals surface area contributed by atoms with E-state index in [1.165, 1.54) is 36.7 Å². The van der Waals surface area contributed by atoms with E-state index in [4.69, 9.17) is 4.74 Å². The number of anilines is 1. The third-order valence-electron chi connectivity index (χ3n) is 6.20. The van der Waals surface area contributed by atoms with E-state index >= 15 is 0 Å².